The second-order valence-electron chi connectivity index (χ2n) is 5.84. The first-order chi connectivity index (χ1) is 9.57. The van der Waals surface area contributed by atoms with Crippen molar-refractivity contribution >= 4 is 11.9 Å². The quantitative estimate of drug-likeness (QED) is 0.791. The topological polar surface area (TPSA) is 87.1 Å². The molecule has 1 heterocycles. The van der Waals surface area contributed by atoms with E-state index in [2.05, 4.69) is 0 Å². The Hall–Kier alpha value is -1.14. The van der Waals surface area contributed by atoms with Crippen molar-refractivity contribution in [2.24, 2.45) is 5.41 Å². The number of carbonyl (C=O) groups is 2. The summed E-state index contributed by atoms with van der Waals surface area (Å²) in [5.41, 5.74) is -0.887. The van der Waals surface area contributed by atoms with Gasteiger partial charge in [-0.15, -0.1) is 0 Å². The molecular formula is C14H23NO5. The Kier molecular flexibility index (Phi) is 4.99. The highest BCUT2D eigenvalue weighted by Gasteiger charge is 2.42. The molecule has 0 spiro atoms. The standard InChI is InChI=1S/C14H23NO5/c16-10-11-9-15(6-7-20-11)12(17)8-14(13(18)19)4-2-1-3-5-14/h11,16H,1-10H2,(H,18,19). The first-order valence-corrected chi connectivity index (χ1v) is 7.31. The molecule has 0 aromatic rings. The first kappa shape index (κ1) is 15.3. The SMILES string of the molecule is O=C(CC1(C(=O)O)CCCCC1)N1CCOC(CO)C1. The summed E-state index contributed by atoms with van der Waals surface area (Å²) >= 11 is 0. The molecule has 1 saturated carbocycles. The molecule has 0 radical (unpaired) electrons. The zero-order valence-electron chi connectivity index (χ0n) is 11.7. The van der Waals surface area contributed by atoms with E-state index in [4.69, 9.17) is 9.84 Å². The lowest BCUT2D eigenvalue weighted by atomic mass is 9.71. The first-order valence-electron chi connectivity index (χ1n) is 7.31. The van der Waals surface area contributed by atoms with E-state index in [1.807, 2.05) is 0 Å². The molecule has 6 heteroatoms. The van der Waals surface area contributed by atoms with Gasteiger partial charge in [0.2, 0.25) is 5.91 Å². The van der Waals surface area contributed by atoms with Gasteiger partial charge in [-0.25, -0.2) is 0 Å². The molecule has 2 aliphatic rings. The van der Waals surface area contributed by atoms with E-state index in [0.29, 0.717) is 32.5 Å². The van der Waals surface area contributed by atoms with Gasteiger partial charge in [-0.1, -0.05) is 19.3 Å². The average Bonchev–Trinajstić information content (AvgIpc) is 2.48. The Bertz CT molecular complexity index is 365. The van der Waals surface area contributed by atoms with Crippen LogP contribution in [-0.2, 0) is 14.3 Å². The minimum Gasteiger partial charge on any atom is -0.481 e. The summed E-state index contributed by atoms with van der Waals surface area (Å²) in [5.74, 6) is -0.978. The van der Waals surface area contributed by atoms with E-state index in [9.17, 15) is 14.7 Å². The van der Waals surface area contributed by atoms with Crippen molar-refractivity contribution in [2.45, 2.75) is 44.6 Å². The van der Waals surface area contributed by atoms with Gasteiger partial charge < -0.3 is 19.8 Å². The summed E-state index contributed by atoms with van der Waals surface area (Å²) in [6.07, 6.45) is 3.70. The molecule has 1 saturated heterocycles. The summed E-state index contributed by atoms with van der Waals surface area (Å²) in [4.78, 5) is 25.6. The van der Waals surface area contributed by atoms with Gasteiger partial charge in [-0.05, 0) is 12.8 Å². The van der Waals surface area contributed by atoms with Crippen LogP contribution >= 0.6 is 0 Å². The van der Waals surface area contributed by atoms with Crippen LogP contribution in [0.25, 0.3) is 0 Å². The van der Waals surface area contributed by atoms with Crippen molar-refractivity contribution in [1.82, 2.24) is 4.90 Å². The minimum atomic E-state index is -0.887. The monoisotopic (exact) mass is 285 g/mol. The molecule has 2 fully saturated rings. The normalized spacial score (nSPS) is 26.2. The van der Waals surface area contributed by atoms with E-state index < -0.39 is 11.4 Å². The maximum atomic E-state index is 12.4. The summed E-state index contributed by atoms with van der Waals surface area (Å²) < 4.78 is 5.31. The van der Waals surface area contributed by atoms with Gasteiger partial charge in [-0.2, -0.15) is 0 Å². The summed E-state index contributed by atoms with van der Waals surface area (Å²) in [5, 5.41) is 18.6. The second kappa shape index (κ2) is 6.54. The summed E-state index contributed by atoms with van der Waals surface area (Å²) in [6, 6.07) is 0. The van der Waals surface area contributed by atoms with E-state index in [0.717, 1.165) is 19.3 Å². The lowest BCUT2D eigenvalue weighted by molar-refractivity contribution is -0.158. The average molecular weight is 285 g/mol. The number of aliphatic hydroxyl groups excluding tert-OH is 1. The molecule has 2 N–H and O–H groups in total. The number of carboxylic acids is 1. The minimum absolute atomic E-state index is 0.0699. The third-order valence-electron chi connectivity index (χ3n) is 4.45. The molecule has 20 heavy (non-hydrogen) atoms. The van der Waals surface area contributed by atoms with Gasteiger partial charge in [0.15, 0.2) is 0 Å². The van der Waals surface area contributed by atoms with E-state index in [1.54, 1.807) is 4.90 Å². The van der Waals surface area contributed by atoms with E-state index in [1.165, 1.54) is 0 Å². The molecule has 2 rings (SSSR count). The van der Waals surface area contributed by atoms with Gasteiger partial charge in [0.1, 0.15) is 0 Å². The Morgan fingerprint density at radius 2 is 1.95 bits per heavy atom. The van der Waals surface area contributed by atoms with Crippen molar-refractivity contribution in [2.75, 3.05) is 26.3 Å². The Labute approximate surface area is 118 Å². The maximum Gasteiger partial charge on any atom is 0.310 e. The fourth-order valence-corrected chi connectivity index (χ4v) is 3.15. The zero-order chi connectivity index (χ0) is 14.6. The third kappa shape index (κ3) is 3.30. The highest BCUT2D eigenvalue weighted by atomic mass is 16.5. The number of hydrogen-bond acceptors (Lipinski definition) is 4. The lowest BCUT2D eigenvalue weighted by Gasteiger charge is -2.37. The highest BCUT2D eigenvalue weighted by molar-refractivity contribution is 5.85. The zero-order valence-corrected chi connectivity index (χ0v) is 11.7. The van der Waals surface area contributed by atoms with Gasteiger partial charge >= 0.3 is 5.97 Å². The molecule has 114 valence electrons. The van der Waals surface area contributed by atoms with Crippen molar-refractivity contribution in [3.8, 4) is 0 Å². The van der Waals surface area contributed by atoms with Crippen molar-refractivity contribution in [3.05, 3.63) is 0 Å². The third-order valence-corrected chi connectivity index (χ3v) is 4.45. The van der Waals surface area contributed by atoms with Crippen LogP contribution in [-0.4, -0.2) is 59.4 Å². The number of aliphatic hydroxyl groups is 1. The van der Waals surface area contributed by atoms with Gasteiger partial charge in [-0.3, -0.25) is 9.59 Å². The van der Waals surface area contributed by atoms with Gasteiger partial charge in [0.05, 0.1) is 24.7 Å². The van der Waals surface area contributed by atoms with Gasteiger partial charge in [0.25, 0.3) is 0 Å². The highest BCUT2D eigenvalue weighted by Crippen LogP contribution is 2.40. The Morgan fingerprint density at radius 3 is 2.55 bits per heavy atom. The van der Waals surface area contributed by atoms with Crippen LogP contribution in [0.5, 0.6) is 0 Å². The van der Waals surface area contributed by atoms with Crippen LogP contribution < -0.4 is 0 Å². The van der Waals surface area contributed by atoms with Crippen LogP contribution in [0, 0.1) is 5.41 Å². The number of carboxylic acid groups (broad SMARTS) is 1. The molecule has 1 amide bonds. The molecule has 6 nitrogen and oxygen atoms in total. The Balaban J connectivity index is 1.99. The fraction of sp³-hybridized carbons (Fsp3) is 0.857. The lowest BCUT2D eigenvalue weighted by Crippen LogP contribution is -2.49. The van der Waals surface area contributed by atoms with Crippen molar-refractivity contribution in [1.29, 1.82) is 0 Å². The number of rotatable bonds is 4. The van der Waals surface area contributed by atoms with Crippen LogP contribution in [0.1, 0.15) is 38.5 Å². The van der Waals surface area contributed by atoms with Crippen LogP contribution in [0.4, 0.5) is 0 Å². The maximum absolute atomic E-state index is 12.4. The fourth-order valence-electron chi connectivity index (χ4n) is 3.15. The molecule has 0 bridgehead atoms. The number of hydrogen-bond donors (Lipinski definition) is 2. The van der Waals surface area contributed by atoms with Crippen LogP contribution in [0.2, 0.25) is 0 Å². The molecule has 1 atom stereocenters. The number of amides is 1. The van der Waals surface area contributed by atoms with E-state index in [-0.39, 0.29) is 25.0 Å². The number of nitrogens with zero attached hydrogens (tertiary/aromatic N) is 1. The molecular weight excluding hydrogens is 262 g/mol. The smallest absolute Gasteiger partial charge is 0.310 e. The van der Waals surface area contributed by atoms with Crippen LogP contribution in [0.15, 0.2) is 0 Å². The van der Waals surface area contributed by atoms with Crippen LogP contribution in [0.3, 0.4) is 0 Å². The summed E-state index contributed by atoms with van der Waals surface area (Å²) in [6.45, 7) is 1.11. The molecule has 1 aliphatic carbocycles. The van der Waals surface area contributed by atoms with E-state index >= 15 is 0 Å². The van der Waals surface area contributed by atoms with Crippen molar-refractivity contribution in [3.63, 3.8) is 0 Å². The number of ether oxygens (including phenoxy) is 1. The van der Waals surface area contributed by atoms with Gasteiger partial charge in [0, 0.05) is 19.5 Å². The molecule has 1 unspecified atom stereocenters. The second-order valence-corrected chi connectivity index (χ2v) is 5.84. The predicted molar refractivity (Wildman–Crippen MR) is 71.2 cm³/mol. The number of morpholine rings is 1. The number of carbonyl (C=O) groups excluding carboxylic acids is 1. The molecule has 1 aliphatic heterocycles. The van der Waals surface area contributed by atoms with Crippen molar-refractivity contribution < 1.29 is 24.5 Å². The molecule has 0 aromatic heterocycles. The molecule has 0 aromatic carbocycles. The largest absolute Gasteiger partial charge is 0.481 e. The predicted octanol–water partition coefficient (Wildman–Crippen LogP) is 0.631. The number of aliphatic carboxylic acids is 1. The Morgan fingerprint density at radius 1 is 1.25 bits per heavy atom. The summed E-state index contributed by atoms with van der Waals surface area (Å²) in [7, 11) is 0.